The third kappa shape index (κ3) is 4.68. The van der Waals surface area contributed by atoms with Crippen molar-refractivity contribution in [1.82, 2.24) is 5.32 Å². The van der Waals surface area contributed by atoms with Gasteiger partial charge >= 0.3 is 0 Å². The fourth-order valence-corrected chi connectivity index (χ4v) is 4.96. The van der Waals surface area contributed by atoms with E-state index in [2.05, 4.69) is 17.6 Å². The van der Waals surface area contributed by atoms with Gasteiger partial charge in [-0.3, -0.25) is 9.59 Å². The average molecular weight is 427 g/mol. The van der Waals surface area contributed by atoms with Crippen molar-refractivity contribution in [2.24, 2.45) is 5.92 Å². The molecule has 0 saturated heterocycles. The van der Waals surface area contributed by atoms with Crippen LogP contribution in [0.25, 0.3) is 6.08 Å². The molecule has 2 N–H and O–H groups in total. The van der Waals surface area contributed by atoms with Crippen molar-refractivity contribution < 1.29 is 9.59 Å². The number of rotatable bonds is 3. The Morgan fingerprint density at radius 2 is 2.03 bits per heavy atom. The van der Waals surface area contributed by atoms with E-state index in [0.717, 1.165) is 29.7 Å². The third-order valence-electron chi connectivity index (χ3n) is 5.51. The molecule has 0 bridgehead atoms. The van der Waals surface area contributed by atoms with Crippen molar-refractivity contribution in [3.63, 3.8) is 0 Å². The van der Waals surface area contributed by atoms with E-state index >= 15 is 0 Å². The molecule has 1 aliphatic heterocycles. The molecule has 4 rings (SSSR count). The monoisotopic (exact) mass is 426 g/mol. The van der Waals surface area contributed by atoms with E-state index in [9.17, 15) is 9.59 Å². The minimum absolute atomic E-state index is 0.0777. The second kappa shape index (κ2) is 8.64. The molecular formula is C23H23ClN2O2S. The van der Waals surface area contributed by atoms with E-state index < -0.39 is 0 Å². The Balaban J connectivity index is 1.51. The maximum atomic E-state index is 12.7. The standard InChI is InChI=1S/C23H23ClN2O2S/c1-14-5-2-3-8-18(14)25-22(27)16-9-10-20-19(13-16)26-23(28)21(29-20)12-15-6-4-7-17(24)11-15/h4,6-7,9-14,18H,2-3,5,8H2,1H3,(H,25,27)(H,26,28)/b21-12+. The summed E-state index contributed by atoms with van der Waals surface area (Å²) >= 11 is 7.43. The molecule has 1 fully saturated rings. The van der Waals surface area contributed by atoms with Gasteiger partial charge in [-0.2, -0.15) is 0 Å². The zero-order valence-corrected chi connectivity index (χ0v) is 17.8. The van der Waals surface area contributed by atoms with Crippen molar-refractivity contribution in [3.05, 3.63) is 63.5 Å². The SMILES string of the molecule is CC1CCCCC1NC(=O)c1ccc2c(c1)NC(=O)/C(=C\c1cccc(Cl)c1)S2. The fourth-order valence-electron chi connectivity index (χ4n) is 3.83. The molecule has 2 atom stereocenters. The van der Waals surface area contributed by atoms with E-state index in [1.807, 2.05) is 36.4 Å². The Morgan fingerprint density at radius 1 is 1.21 bits per heavy atom. The molecule has 2 aliphatic rings. The molecule has 1 saturated carbocycles. The zero-order valence-electron chi connectivity index (χ0n) is 16.2. The Labute approximate surface area is 180 Å². The van der Waals surface area contributed by atoms with E-state index in [1.54, 1.807) is 12.1 Å². The fraction of sp³-hybridized carbons (Fsp3) is 0.304. The van der Waals surface area contributed by atoms with Crippen LogP contribution in [0.4, 0.5) is 5.69 Å². The molecule has 2 unspecified atom stereocenters. The maximum Gasteiger partial charge on any atom is 0.262 e. The summed E-state index contributed by atoms with van der Waals surface area (Å²) in [6.07, 6.45) is 6.40. The Hall–Kier alpha value is -2.24. The quantitative estimate of drug-likeness (QED) is 0.616. The molecule has 1 aliphatic carbocycles. The van der Waals surface area contributed by atoms with Gasteiger partial charge in [0.2, 0.25) is 0 Å². The van der Waals surface area contributed by atoms with Gasteiger partial charge in [0.05, 0.1) is 10.6 Å². The van der Waals surface area contributed by atoms with Gasteiger partial charge in [0, 0.05) is 21.5 Å². The summed E-state index contributed by atoms with van der Waals surface area (Å²) in [5.74, 6) is 0.242. The lowest BCUT2D eigenvalue weighted by atomic mass is 9.86. The van der Waals surface area contributed by atoms with Crippen molar-refractivity contribution in [2.75, 3.05) is 5.32 Å². The van der Waals surface area contributed by atoms with E-state index in [0.29, 0.717) is 27.1 Å². The maximum absolute atomic E-state index is 12.7. The van der Waals surface area contributed by atoms with Crippen LogP contribution in [-0.4, -0.2) is 17.9 Å². The van der Waals surface area contributed by atoms with Gasteiger partial charge in [-0.05, 0) is 60.7 Å². The van der Waals surface area contributed by atoms with E-state index in [1.165, 1.54) is 18.2 Å². The molecule has 0 spiro atoms. The predicted molar refractivity (Wildman–Crippen MR) is 119 cm³/mol. The lowest BCUT2D eigenvalue weighted by Gasteiger charge is -2.29. The van der Waals surface area contributed by atoms with Gasteiger partial charge in [-0.1, -0.05) is 55.3 Å². The number of carbonyl (C=O) groups is 2. The molecule has 150 valence electrons. The second-order valence-electron chi connectivity index (χ2n) is 7.67. The molecule has 0 radical (unpaired) electrons. The van der Waals surface area contributed by atoms with Crippen LogP contribution in [0.2, 0.25) is 5.02 Å². The van der Waals surface area contributed by atoms with Crippen LogP contribution in [-0.2, 0) is 4.79 Å². The van der Waals surface area contributed by atoms with Crippen LogP contribution in [0.1, 0.15) is 48.5 Å². The summed E-state index contributed by atoms with van der Waals surface area (Å²) in [5.41, 5.74) is 2.12. The molecule has 4 nitrogen and oxygen atoms in total. The third-order valence-corrected chi connectivity index (χ3v) is 6.84. The predicted octanol–water partition coefficient (Wildman–Crippen LogP) is 5.73. The summed E-state index contributed by atoms with van der Waals surface area (Å²) in [6, 6.07) is 13.1. The molecule has 29 heavy (non-hydrogen) atoms. The highest BCUT2D eigenvalue weighted by atomic mass is 35.5. The summed E-state index contributed by atoms with van der Waals surface area (Å²) in [7, 11) is 0. The van der Waals surface area contributed by atoms with Crippen LogP contribution in [0.3, 0.4) is 0 Å². The largest absolute Gasteiger partial charge is 0.349 e. The number of halogens is 1. The highest BCUT2D eigenvalue weighted by Crippen LogP contribution is 2.39. The number of anilines is 1. The molecule has 1 heterocycles. The topological polar surface area (TPSA) is 58.2 Å². The van der Waals surface area contributed by atoms with Gasteiger partial charge in [-0.15, -0.1) is 0 Å². The first-order valence-corrected chi connectivity index (χ1v) is 11.1. The number of fused-ring (bicyclic) bond motifs is 1. The normalized spacial score (nSPS) is 22.7. The first-order valence-electron chi connectivity index (χ1n) is 9.91. The highest BCUT2D eigenvalue weighted by molar-refractivity contribution is 8.04. The van der Waals surface area contributed by atoms with Crippen LogP contribution in [0.15, 0.2) is 52.3 Å². The smallest absolute Gasteiger partial charge is 0.262 e. The van der Waals surface area contributed by atoms with Crippen LogP contribution < -0.4 is 10.6 Å². The van der Waals surface area contributed by atoms with Gasteiger partial charge in [0.15, 0.2) is 0 Å². The highest BCUT2D eigenvalue weighted by Gasteiger charge is 2.25. The minimum Gasteiger partial charge on any atom is -0.349 e. The molecule has 0 aromatic heterocycles. The van der Waals surface area contributed by atoms with Gasteiger partial charge in [0.1, 0.15) is 0 Å². The van der Waals surface area contributed by atoms with Gasteiger partial charge in [-0.25, -0.2) is 0 Å². The van der Waals surface area contributed by atoms with Crippen LogP contribution >= 0.6 is 23.4 Å². The molecule has 6 heteroatoms. The summed E-state index contributed by atoms with van der Waals surface area (Å²) < 4.78 is 0. The van der Waals surface area contributed by atoms with Crippen molar-refractivity contribution in [2.45, 2.75) is 43.5 Å². The first kappa shape index (κ1) is 20.0. The average Bonchev–Trinajstić information content (AvgIpc) is 2.70. The number of amides is 2. The number of benzene rings is 2. The van der Waals surface area contributed by atoms with Gasteiger partial charge < -0.3 is 10.6 Å². The van der Waals surface area contributed by atoms with Gasteiger partial charge in [0.25, 0.3) is 11.8 Å². The lowest BCUT2D eigenvalue weighted by Crippen LogP contribution is -2.41. The molecule has 2 aromatic rings. The van der Waals surface area contributed by atoms with Crippen LogP contribution in [0, 0.1) is 5.92 Å². The minimum atomic E-state index is -0.180. The molecule has 2 aromatic carbocycles. The van der Waals surface area contributed by atoms with Crippen molar-refractivity contribution >= 4 is 46.9 Å². The van der Waals surface area contributed by atoms with E-state index in [4.69, 9.17) is 11.6 Å². The Bertz CT molecular complexity index is 989. The van der Waals surface area contributed by atoms with Crippen molar-refractivity contribution in [3.8, 4) is 0 Å². The summed E-state index contributed by atoms with van der Waals surface area (Å²) in [6.45, 7) is 2.20. The number of thioether (sulfide) groups is 1. The Morgan fingerprint density at radius 3 is 2.83 bits per heavy atom. The molecular weight excluding hydrogens is 404 g/mol. The lowest BCUT2D eigenvalue weighted by molar-refractivity contribution is -0.112. The zero-order chi connectivity index (χ0) is 20.4. The number of carbonyl (C=O) groups excluding carboxylic acids is 2. The summed E-state index contributed by atoms with van der Waals surface area (Å²) in [4.78, 5) is 26.8. The first-order chi connectivity index (χ1) is 14.0. The van der Waals surface area contributed by atoms with Crippen molar-refractivity contribution in [1.29, 1.82) is 0 Å². The summed E-state index contributed by atoms with van der Waals surface area (Å²) in [5, 5.41) is 6.71. The number of hydrogen-bond donors (Lipinski definition) is 2. The second-order valence-corrected chi connectivity index (χ2v) is 9.19. The number of hydrogen-bond acceptors (Lipinski definition) is 3. The molecule has 2 amide bonds. The number of nitrogens with one attached hydrogen (secondary N) is 2. The Kier molecular flexibility index (Phi) is 5.97. The van der Waals surface area contributed by atoms with Crippen LogP contribution in [0.5, 0.6) is 0 Å². The van der Waals surface area contributed by atoms with E-state index in [-0.39, 0.29) is 17.9 Å².